The third-order valence-electron chi connectivity index (χ3n) is 8.48. The molecule has 1 saturated heterocycles. The van der Waals surface area contributed by atoms with Gasteiger partial charge in [-0.3, -0.25) is 9.59 Å². The molecule has 1 amide bonds. The van der Waals surface area contributed by atoms with Gasteiger partial charge in [0.25, 0.3) is 11.5 Å². The van der Waals surface area contributed by atoms with E-state index in [1.807, 2.05) is 36.2 Å². The third kappa shape index (κ3) is 4.21. The van der Waals surface area contributed by atoms with Crippen molar-refractivity contribution in [3.05, 3.63) is 54.1 Å². The number of rotatable bonds is 5. The van der Waals surface area contributed by atoms with E-state index in [2.05, 4.69) is 23.7 Å². The number of fused-ring (bicyclic) bond motifs is 1. The van der Waals surface area contributed by atoms with Gasteiger partial charge in [0.05, 0.1) is 12.1 Å². The molecule has 0 unspecified atom stereocenters. The highest BCUT2D eigenvalue weighted by Gasteiger charge is 2.35. The highest BCUT2D eigenvalue weighted by Crippen LogP contribution is 2.44. The number of H-pyrrole nitrogens is 1. The van der Waals surface area contributed by atoms with Crippen LogP contribution < -0.4 is 5.56 Å². The molecule has 6 heteroatoms. The second kappa shape index (κ2) is 9.03. The van der Waals surface area contributed by atoms with Crippen molar-refractivity contribution >= 4 is 17.2 Å². The zero-order valence-electron chi connectivity index (χ0n) is 20.5. The average molecular weight is 468 g/mol. The highest BCUT2D eigenvalue weighted by atomic mass is 32.1. The largest absolute Gasteiger partial charge is 0.334 e. The predicted molar refractivity (Wildman–Crippen MR) is 134 cm³/mol. The van der Waals surface area contributed by atoms with Crippen LogP contribution >= 0.6 is 11.3 Å². The summed E-state index contributed by atoms with van der Waals surface area (Å²) in [6, 6.07) is 2.80. The average Bonchev–Trinajstić information content (AvgIpc) is 3.08. The molecule has 2 aromatic heterocycles. The molecule has 2 aliphatic heterocycles. The van der Waals surface area contributed by atoms with Crippen LogP contribution in [0.3, 0.4) is 0 Å². The minimum atomic E-state index is -0.0729. The van der Waals surface area contributed by atoms with Crippen molar-refractivity contribution in [1.29, 1.82) is 0 Å². The lowest BCUT2D eigenvalue weighted by Crippen LogP contribution is -2.46. The Morgan fingerprint density at radius 1 is 1.09 bits per heavy atom. The molecule has 178 valence electrons. The minimum Gasteiger partial charge on any atom is -0.334 e. The van der Waals surface area contributed by atoms with Crippen molar-refractivity contribution in [3.8, 4) is 0 Å². The Kier molecular flexibility index (Phi) is 6.25. The van der Waals surface area contributed by atoms with Crippen LogP contribution in [0.4, 0.5) is 0 Å². The van der Waals surface area contributed by atoms with Gasteiger partial charge in [0.1, 0.15) is 0 Å². The predicted octanol–water partition coefficient (Wildman–Crippen LogP) is 4.93. The maximum atomic E-state index is 13.5. The molecule has 1 aliphatic carbocycles. The topological polar surface area (TPSA) is 56.4 Å². The van der Waals surface area contributed by atoms with E-state index in [1.165, 1.54) is 60.5 Å². The molecule has 5 rings (SSSR count). The summed E-state index contributed by atoms with van der Waals surface area (Å²) in [6.45, 7) is 12.1. The van der Waals surface area contributed by atoms with Gasteiger partial charge in [0.2, 0.25) is 0 Å². The summed E-state index contributed by atoms with van der Waals surface area (Å²) in [5, 5.41) is 0. The van der Waals surface area contributed by atoms with Crippen LogP contribution in [0.5, 0.6) is 0 Å². The summed E-state index contributed by atoms with van der Waals surface area (Å²) in [6.07, 6.45) is 7.54. The fourth-order valence-electron chi connectivity index (χ4n) is 6.29. The molecule has 4 heterocycles. The number of thiophene rings is 1. The summed E-state index contributed by atoms with van der Waals surface area (Å²) in [5.74, 6) is 1.34. The van der Waals surface area contributed by atoms with Crippen LogP contribution in [0, 0.1) is 26.7 Å². The van der Waals surface area contributed by atoms with Crippen LogP contribution in [-0.2, 0) is 13.0 Å². The Morgan fingerprint density at radius 3 is 2.45 bits per heavy atom. The van der Waals surface area contributed by atoms with E-state index in [-0.39, 0.29) is 11.5 Å². The maximum absolute atomic E-state index is 13.5. The van der Waals surface area contributed by atoms with E-state index in [4.69, 9.17) is 0 Å². The Morgan fingerprint density at radius 2 is 1.82 bits per heavy atom. The number of nitrogens with zero attached hydrogens (tertiary/aromatic N) is 2. The maximum Gasteiger partial charge on any atom is 0.255 e. The number of nitrogens with one attached hydrogen (secondary N) is 1. The molecular formula is C27H37N3O2S. The number of carbonyl (C=O) groups excluding carboxylic acids is 1. The van der Waals surface area contributed by atoms with Crippen LogP contribution in [0.25, 0.3) is 0 Å². The van der Waals surface area contributed by atoms with Crippen LogP contribution in [0.15, 0.2) is 10.9 Å². The van der Waals surface area contributed by atoms with Crippen molar-refractivity contribution in [2.24, 2.45) is 5.92 Å². The molecule has 0 bridgehead atoms. The molecular weight excluding hydrogens is 430 g/mol. The number of carbonyl (C=O) groups is 1. The van der Waals surface area contributed by atoms with Gasteiger partial charge in [-0.15, -0.1) is 11.3 Å². The van der Waals surface area contributed by atoms with Gasteiger partial charge in [-0.05, 0) is 95.0 Å². The molecule has 1 N–H and O–H groups in total. The van der Waals surface area contributed by atoms with E-state index in [1.54, 1.807) is 0 Å². The summed E-state index contributed by atoms with van der Waals surface area (Å²) in [4.78, 5) is 36.1. The summed E-state index contributed by atoms with van der Waals surface area (Å²) >= 11 is 1.88. The van der Waals surface area contributed by atoms with Crippen molar-refractivity contribution in [2.45, 2.75) is 84.7 Å². The molecule has 3 aliphatic rings. The second-order valence-electron chi connectivity index (χ2n) is 10.6. The van der Waals surface area contributed by atoms with Gasteiger partial charge in [0.15, 0.2) is 0 Å². The molecule has 0 radical (unpaired) electrons. The van der Waals surface area contributed by atoms with Gasteiger partial charge >= 0.3 is 0 Å². The summed E-state index contributed by atoms with van der Waals surface area (Å²) in [7, 11) is 0. The fraction of sp³-hybridized carbons (Fsp3) is 0.630. The fourth-order valence-corrected chi connectivity index (χ4v) is 7.72. The highest BCUT2D eigenvalue weighted by molar-refractivity contribution is 7.12. The SMILES string of the molecule is Cc1cc(C)c(CN2CCc3sc([C@H](C)[C@H]4CC[C@H](N5CCC5)CC4)c(C)c3C2=O)c(=O)[nH]1. The molecule has 2 fully saturated rings. The monoisotopic (exact) mass is 467 g/mol. The van der Waals surface area contributed by atoms with Gasteiger partial charge in [-0.25, -0.2) is 0 Å². The van der Waals surface area contributed by atoms with Crippen LogP contribution in [0.1, 0.15) is 87.4 Å². The molecule has 33 heavy (non-hydrogen) atoms. The lowest BCUT2D eigenvalue weighted by molar-refractivity contribution is 0.0727. The first-order valence-corrected chi connectivity index (χ1v) is 13.5. The number of hydrogen-bond donors (Lipinski definition) is 1. The van der Waals surface area contributed by atoms with Crippen molar-refractivity contribution in [3.63, 3.8) is 0 Å². The van der Waals surface area contributed by atoms with Crippen LogP contribution in [-0.4, -0.2) is 46.4 Å². The number of aromatic nitrogens is 1. The van der Waals surface area contributed by atoms with Crippen molar-refractivity contribution in [2.75, 3.05) is 19.6 Å². The molecule has 1 saturated carbocycles. The lowest BCUT2D eigenvalue weighted by atomic mass is 9.77. The quantitative estimate of drug-likeness (QED) is 0.678. The molecule has 5 nitrogen and oxygen atoms in total. The van der Waals surface area contributed by atoms with Crippen molar-refractivity contribution < 1.29 is 4.79 Å². The molecule has 0 spiro atoms. The Hall–Kier alpha value is -1.92. The smallest absolute Gasteiger partial charge is 0.255 e. The van der Waals surface area contributed by atoms with Gasteiger partial charge in [-0.1, -0.05) is 6.92 Å². The van der Waals surface area contributed by atoms with Gasteiger partial charge in [0, 0.05) is 40.0 Å². The summed E-state index contributed by atoms with van der Waals surface area (Å²) in [5.41, 5.74) is 4.56. The van der Waals surface area contributed by atoms with Crippen LogP contribution in [0.2, 0.25) is 0 Å². The Labute approximate surface area is 201 Å². The second-order valence-corrected chi connectivity index (χ2v) is 11.7. The molecule has 0 aromatic carbocycles. The number of likely N-dealkylation sites (tertiary alicyclic amines) is 1. The summed E-state index contributed by atoms with van der Waals surface area (Å²) < 4.78 is 0. The normalized spacial score (nSPS) is 24.5. The van der Waals surface area contributed by atoms with E-state index < -0.39 is 0 Å². The van der Waals surface area contributed by atoms with E-state index in [9.17, 15) is 9.59 Å². The zero-order valence-corrected chi connectivity index (χ0v) is 21.3. The van der Waals surface area contributed by atoms with Gasteiger partial charge < -0.3 is 14.8 Å². The first-order chi connectivity index (χ1) is 15.8. The number of amides is 1. The molecule has 1 atom stereocenters. The van der Waals surface area contributed by atoms with Crippen molar-refractivity contribution in [1.82, 2.24) is 14.8 Å². The zero-order chi connectivity index (χ0) is 23.3. The first kappa shape index (κ1) is 22.9. The third-order valence-corrected chi connectivity index (χ3v) is 10.0. The lowest BCUT2D eigenvalue weighted by Gasteiger charge is -2.43. The van der Waals surface area contributed by atoms with E-state index >= 15 is 0 Å². The minimum absolute atomic E-state index is 0.0729. The Bertz CT molecular complexity index is 1110. The number of aromatic amines is 1. The number of pyridine rings is 1. The van der Waals surface area contributed by atoms with E-state index in [0.29, 0.717) is 24.6 Å². The standard InChI is InChI=1S/C27H37N3O2S/c1-16-14-17(2)28-26(31)22(16)15-30-13-10-23-24(27(30)32)19(4)25(33-23)18(3)20-6-8-21(9-7-20)29-11-5-12-29/h14,18,20-21H,5-13,15H2,1-4H3,(H,28,31)/t18-,20-,21-/m1/s1. The number of hydrogen-bond acceptors (Lipinski definition) is 4. The van der Waals surface area contributed by atoms with Gasteiger partial charge in [-0.2, -0.15) is 0 Å². The number of aryl methyl sites for hydroxylation is 2. The van der Waals surface area contributed by atoms with E-state index in [0.717, 1.165) is 35.2 Å². The molecule has 2 aromatic rings. The Balaban J connectivity index is 1.31. The first-order valence-electron chi connectivity index (χ1n) is 12.7.